The van der Waals surface area contributed by atoms with Gasteiger partial charge in [0, 0.05) is 24.2 Å². The summed E-state index contributed by atoms with van der Waals surface area (Å²) in [6.45, 7) is 3.70. The van der Waals surface area contributed by atoms with Crippen molar-refractivity contribution in [2.45, 2.75) is 19.4 Å². The largest absolute Gasteiger partial charge is 0.397 e. The normalized spacial score (nSPS) is 12.2. The third-order valence-electron chi connectivity index (χ3n) is 2.43. The molecule has 0 aliphatic rings. The van der Waals surface area contributed by atoms with Crippen LogP contribution in [-0.4, -0.2) is 31.7 Å². The fourth-order valence-corrected chi connectivity index (χ4v) is 2.75. The van der Waals surface area contributed by atoms with Gasteiger partial charge in [-0.1, -0.05) is 0 Å². The number of non-ortho nitro benzene ring substituents is 1. The maximum atomic E-state index is 11.2. The Morgan fingerprint density at radius 2 is 2.00 bits per heavy atom. The molecule has 0 saturated heterocycles. The van der Waals surface area contributed by atoms with Gasteiger partial charge >= 0.3 is 0 Å². The van der Waals surface area contributed by atoms with E-state index in [1.165, 1.54) is 18.2 Å². The van der Waals surface area contributed by atoms with Crippen molar-refractivity contribution in [1.82, 2.24) is 4.72 Å². The van der Waals surface area contributed by atoms with Gasteiger partial charge in [0.15, 0.2) is 0 Å². The Bertz CT molecular complexity index is 613. The van der Waals surface area contributed by atoms with E-state index in [1.54, 1.807) is 13.8 Å². The summed E-state index contributed by atoms with van der Waals surface area (Å²) in [5.41, 5.74) is 5.64. The number of anilines is 2. The van der Waals surface area contributed by atoms with Gasteiger partial charge < -0.3 is 11.1 Å². The molecule has 0 heterocycles. The van der Waals surface area contributed by atoms with Crippen LogP contribution in [0.4, 0.5) is 17.1 Å². The molecule has 0 fully saturated rings. The van der Waals surface area contributed by atoms with E-state index in [0.29, 0.717) is 5.69 Å². The van der Waals surface area contributed by atoms with E-state index in [-0.39, 0.29) is 17.9 Å². The molecular weight excluding hydrogens is 284 g/mol. The van der Waals surface area contributed by atoms with Gasteiger partial charge in [-0.2, -0.15) is 0 Å². The van der Waals surface area contributed by atoms with Crippen molar-refractivity contribution in [3.63, 3.8) is 0 Å². The van der Waals surface area contributed by atoms with Gasteiger partial charge in [-0.25, -0.2) is 13.1 Å². The summed E-state index contributed by atoms with van der Waals surface area (Å²) in [4.78, 5) is 10.1. The molecule has 0 amide bonds. The quantitative estimate of drug-likeness (QED) is 0.407. The maximum absolute atomic E-state index is 11.2. The number of hydrogen-bond donors (Lipinski definition) is 3. The summed E-state index contributed by atoms with van der Waals surface area (Å²) in [5.74, 6) is 0. The predicted octanol–water partition coefficient (Wildman–Crippen LogP) is 0.917. The molecule has 0 aliphatic heterocycles. The van der Waals surface area contributed by atoms with E-state index in [9.17, 15) is 18.5 Å². The van der Waals surface area contributed by atoms with Gasteiger partial charge in [-0.15, -0.1) is 0 Å². The Morgan fingerprint density at radius 3 is 2.45 bits per heavy atom. The first-order valence-corrected chi connectivity index (χ1v) is 7.66. The fraction of sp³-hybridized carbons (Fsp3) is 0.455. The van der Waals surface area contributed by atoms with Crippen molar-refractivity contribution < 1.29 is 13.3 Å². The number of nitro groups is 1. The van der Waals surface area contributed by atoms with Crippen LogP contribution in [0.2, 0.25) is 0 Å². The number of benzene rings is 1. The second-order valence-corrected chi connectivity index (χ2v) is 6.89. The molecule has 0 radical (unpaired) electrons. The molecule has 0 spiro atoms. The molecule has 1 rings (SSSR count). The SMILES string of the molecule is CC(C)(CNc1ccc([N+](=O)[O-])cc1N)NS(C)(=O)=O. The Morgan fingerprint density at radius 1 is 1.40 bits per heavy atom. The zero-order valence-corrected chi connectivity index (χ0v) is 12.3. The standard InChI is InChI=1S/C11H18N4O4S/c1-11(2,14-20(3,18)19)7-13-10-5-4-8(15(16)17)6-9(10)12/h4-6,13-14H,7,12H2,1-3H3. The molecule has 0 aliphatic carbocycles. The van der Waals surface area contributed by atoms with Gasteiger partial charge in [0.25, 0.3) is 5.69 Å². The highest BCUT2D eigenvalue weighted by Gasteiger charge is 2.22. The average molecular weight is 302 g/mol. The monoisotopic (exact) mass is 302 g/mol. The van der Waals surface area contributed by atoms with Crippen LogP contribution in [0.5, 0.6) is 0 Å². The van der Waals surface area contributed by atoms with E-state index < -0.39 is 20.5 Å². The zero-order valence-electron chi connectivity index (χ0n) is 11.5. The lowest BCUT2D eigenvalue weighted by Gasteiger charge is -2.26. The maximum Gasteiger partial charge on any atom is 0.271 e. The topological polar surface area (TPSA) is 127 Å². The molecule has 0 atom stereocenters. The van der Waals surface area contributed by atoms with Crippen molar-refractivity contribution in [2.75, 3.05) is 23.9 Å². The van der Waals surface area contributed by atoms with E-state index in [2.05, 4.69) is 10.0 Å². The minimum Gasteiger partial charge on any atom is -0.397 e. The number of nitro benzene ring substituents is 1. The zero-order chi connectivity index (χ0) is 15.6. The van der Waals surface area contributed by atoms with Crippen LogP contribution in [0, 0.1) is 10.1 Å². The highest BCUT2D eigenvalue weighted by Crippen LogP contribution is 2.24. The lowest BCUT2D eigenvalue weighted by molar-refractivity contribution is -0.384. The van der Waals surface area contributed by atoms with Crippen molar-refractivity contribution in [2.24, 2.45) is 0 Å². The van der Waals surface area contributed by atoms with Crippen LogP contribution >= 0.6 is 0 Å². The molecule has 112 valence electrons. The molecule has 20 heavy (non-hydrogen) atoms. The first kappa shape index (κ1) is 16.2. The van der Waals surface area contributed by atoms with Crippen LogP contribution in [-0.2, 0) is 10.0 Å². The van der Waals surface area contributed by atoms with Crippen molar-refractivity contribution in [3.8, 4) is 0 Å². The number of nitrogens with zero attached hydrogens (tertiary/aromatic N) is 1. The van der Waals surface area contributed by atoms with Gasteiger partial charge in [0.1, 0.15) is 0 Å². The Hall–Kier alpha value is -1.87. The van der Waals surface area contributed by atoms with Gasteiger partial charge in [-0.05, 0) is 19.9 Å². The van der Waals surface area contributed by atoms with Crippen molar-refractivity contribution in [1.29, 1.82) is 0 Å². The third-order valence-corrected chi connectivity index (χ3v) is 3.35. The average Bonchev–Trinajstić information content (AvgIpc) is 2.23. The number of rotatable bonds is 6. The van der Waals surface area contributed by atoms with Crippen LogP contribution in [0.1, 0.15) is 13.8 Å². The van der Waals surface area contributed by atoms with Gasteiger partial charge in [0.05, 0.1) is 22.6 Å². The summed E-state index contributed by atoms with van der Waals surface area (Å²) in [7, 11) is -3.32. The van der Waals surface area contributed by atoms with Crippen LogP contribution in [0.15, 0.2) is 18.2 Å². The molecule has 4 N–H and O–H groups in total. The molecule has 1 aromatic rings. The Balaban J connectivity index is 2.78. The minimum atomic E-state index is -3.32. The lowest BCUT2D eigenvalue weighted by Crippen LogP contribution is -2.47. The van der Waals surface area contributed by atoms with E-state index in [1.807, 2.05) is 0 Å². The van der Waals surface area contributed by atoms with Crippen LogP contribution < -0.4 is 15.8 Å². The van der Waals surface area contributed by atoms with Crippen molar-refractivity contribution >= 4 is 27.1 Å². The molecule has 0 bridgehead atoms. The van der Waals surface area contributed by atoms with E-state index in [0.717, 1.165) is 6.26 Å². The summed E-state index contributed by atoms with van der Waals surface area (Å²) in [5, 5.41) is 13.6. The number of hydrogen-bond acceptors (Lipinski definition) is 6. The first-order chi connectivity index (χ1) is 9.00. The first-order valence-electron chi connectivity index (χ1n) is 5.77. The second-order valence-electron chi connectivity index (χ2n) is 5.14. The Labute approximate surface area is 117 Å². The van der Waals surface area contributed by atoms with Gasteiger partial charge in [-0.3, -0.25) is 10.1 Å². The summed E-state index contributed by atoms with van der Waals surface area (Å²) in [6.07, 6.45) is 1.08. The minimum absolute atomic E-state index is 0.0958. The number of nitrogens with one attached hydrogen (secondary N) is 2. The highest BCUT2D eigenvalue weighted by atomic mass is 32.2. The highest BCUT2D eigenvalue weighted by molar-refractivity contribution is 7.88. The van der Waals surface area contributed by atoms with Crippen LogP contribution in [0.25, 0.3) is 0 Å². The molecule has 0 aromatic heterocycles. The van der Waals surface area contributed by atoms with Crippen LogP contribution in [0.3, 0.4) is 0 Å². The molecule has 0 saturated carbocycles. The van der Waals surface area contributed by atoms with E-state index in [4.69, 9.17) is 5.73 Å². The molecule has 9 heteroatoms. The lowest BCUT2D eigenvalue weighted by atomic mass is 10.1. The number of sulfonamides is 1. The summed E-state index contributed by atoms with van der Waals surface area (Å²) in [6, 6.07) is 4.07. The second kappa shape index (κ2) is 5.63. The molecule has 0 unspecified atom stereocenters. The molecular formula is C11H18N4O4S. The van der Waals surface area contributed by atoms with E-state index >= 15 is 0 Å². The smallest absolute Gasteiger partial charge is 0.271 e. The third kappa shape index (κ3) is 5.02. The predicted molar refractivity (Wildman–Crippen MR) is 78.1 cm³/mol. The molecule has 1 aromatic carbocycles. The van der Waals surface area contributed by atoms with Gasteiger partial charge in [0.2, 0.25) is 10.0 Å². The van der Waals surface area contributed by atoms with Crippen molar-refractivity contribution in [3.05, 3.63) is 28.3 Å². The number of nitrogen functional groups attached to an aromatic ring is 1. The summed E-state index contributed by atoms with van der Waals surface area (Å²) >= 11 is 0. The Kier molecular flexibility index (Phi) is 4.56. The number of nitrogens with two attached hydrogens (primary N) is 1. The summed E-state index contributed by atoms with van der Waals surface area (Å²) < 4.78 is 24.9. The molecule has 8 nitrogen and oxygen atoms in total. The fourth-order valence-electron chi connectivity index (χ4n) is 1.68.